The average Bonchev–Trinajstić information content (AvgIpc) is 2.35. The molecule has 0 radical (unpaired) electrons. The number of carbonyl (C=O) groups is 1. The molecule has 19 heavy (non-hydrogen) atoms. The monoisotopic (exact) mass is 263 g/mol. The van der Waals surface area contributed by atoms with Crippen molar-refractivity contribution >= 4 is 16.9 Å². The summed E-state index contributed by atoms with van der Waals surface area (Å²) in [7, 11) is 0. The largest absolute Gasteiger partial charge is 0.465 e. The van der Waals surface area contributed by atoms with Crippen molar-refractivity contribution in [3.05, 3.63) is 46.0 Å². The highest BCUT2D eigenvalue weighted by Gasteiger charge is 2.13. The summed E-state index contributed by atoms with van der Waals surface area (Å²) in [5, 5.41) is 0.259. The summed E-state index contributed by atoms with van der Waals surface area (Å²) >= 11 is 0. The molecule has 0 saturated carbocycles. The number of ether oxygens (including phenoxy) is 1. The number of para-hydroxylation sites is 1. The van der Waals surface area contributed by atoms with Crippen LogP contribution < -0.4 is 5.43 Å². The number of aryl methyl sites for hydroxylation is 1. The molecule has 2 aromatic rings. The minimum atomic E-state index is -0.525. The summed E-state index contributed by atoms with van der Waals surface area (Å²) in [6.45, 7) is 3.51. The maximum absolute atomic E-state index is 13.9. The van der Waals surface area contributed by atoms with Crippen molar-refractivity contribution < 1.29 is 13.9 Å². The van der Waals surface area contributed by atoms with Gasteiger partial charge in [-0.15, -0.1) is 0 Å². The van der Waals surface area contributed by atoms with Gasteiger partial charge in [0.1, 0.15) is 12.4 Å². The second-order valence-electron chi connectivity index (χ2n) is 4.18. The van der Waals surface area contributed by atoms with Gasteiger partial charge in [0.2, 0.25) is 0 Å². The van der Waals surface area contributed by atoms with Crippen LogP contribution in [0.15, 0.2) is 29.1 Å². The van der Waals surface area contributed by atoms with Crippen LogP contribution in [-0.4, -0.2) is 17.1 Å². The van der Waals surface area contributed by atoms with Crippen LogP contribution in [0.4, 0.5) is 4.39 Å². The molecule has 0 unspecified atom stereocenters. The molecule has 5 heteroatoms. The topological polar surface area (TPSA) is 48.3 Å². The first-order valence-corrected chi connectivity index (χ1v) is 5.99. The molecule has 0 N–H and O–H groups in total. The Balaban J connectivity index is 2.66. The summed E-state index contributed by atoms with van der Waals surface area (Å²) in [4.78, 5) is 23.4. The fraction of sp³-hybridized carbons (Fsp3) is 0.286. The Labute approximate surface area is 109 Å². The van der Waals surface area contributed by atoms with Gasteiger partial charge in [-0.3, -0.25) is 9.59 Å². The van der Waals surface area contributed by atoms with Crippen LogP contribution in [-0.2, 0) is 16.1 Å². The van der Waals surface area contributed by atoms with Crippen molar-refractivity contribution in [2.24, 2.45) is 0 Å². The summed E-state index contributed by atoms with van der Waals surface area (Å²) in [5.74, 6) is -0.985. The fourth-order valence-corrected chi connectivity index (χ4v) is 2.05. The van der Waals surface area contributed by atoms with E-state index in [-0.39, 0.29) is 29.5 Å². The van der Waals surface area contributed by atoms with Crippen molar-refractivity contribution in [2.45, 2.75) is 20.4 Å². The Kier molecular flexibility index (Phi) is 3.64. The maximum Gasteiger partial charge on any atom is 0.325 e. The van der Waals surface area contributed by atoms with Gasteiger partial charge in [-0.1, -0.05) is 6.07 Å². The van der Waals surface area contributed by atoms with E-state index in [2.05, 4.69) is 0 Å². The predicted octanol–water partition coefficient (Wildman–Crippen LogP) is 2.01. The normalized spacial score (nSPS) is 10.7. The minimum Gasteiger partial charge on any atom is -0.465 e. The van der Waals surface area contributed by atoms with E-state index in [1.165, 1.54) is 22.8 Å². The number of benzene rings is 1. The third-order valence-corrected chi connectivity index (χ3v) is 2.88. The molecular weight excluding hydrogens is 249 g/mol. The fourth-order valence-electron chi connectivity index (χ4n) is 2.05. The van der Waals surface area contributed by atoms with Gasteiger partial charge in [-0.25, -0.2) is 4.39 Å². The Hall–Kier alpha value is -2.17. The zero-order valence-corrected chi connectivity index (χ0v) is 10.8. The second kappa shape index (κ2) is 5.22. The first kappa shape index (κ1) is 13.3. The quantitative estimate of drug-likeness (QED) is 0.796. The van der Waals surface area contributed by atoms with Crippen molar-refractivity contribution in [2.75, 3.05) is 6.61 Å². The van der Waals surface area contributed by atoms with Crippen LogP contribution in [0.3, 0.4) is 0 Å². The van der Waals surface area contributed by atoms with Gasteiger partial charge in [0.05, 0.1) is 12.1 Å². The number of carbonyl (C=O) groups excluding carboxylic acids is 1. The van der Waals surface area contributed by atoms with E-state index < -0.39 is 11.8 Å². The SMILES string of the molecule is CCOC(=O)Cn1c(C)cc(=O)c2cccc(F)c21. The Morgan fingerprint density at radius 2 is 2.16 bits per heavy atom. The first-order chi connectivity index (χ1) is 9.04. The first-order valence-electron chi connectivity index (χ1n) is 5.99. The molecular formula is C14H14FNO3. The van der Waals surface area contributed by atoms with E-state index in [4.69, 9.17) is 4.74 Å². The average molecular weight is 263 g/mol. The van der Waals surface area contributed by atoms with Crippen molar-refractivity contribution in [3.8, 4) is 0 Å². The highest BCUT2D eigenvalue weighted by atomic mass is 19.1. The lowest BCUT2D eigenvalue weighted by atomic mass is 10.1. The number of esters is 1. The van der Waals surface area contributed by atoms with Crippen LogP contribution in [0.25, 0.3) is 10.9 Å². The molecule has 4 nitrogen and oxygen atoms in total. The summed E-state index contributed by atoms with van der Waals surface area (Å²) < 4.78 is 20.3. The number of rotatable bonds is 3. The molecule has 0 atom stereocenters. The lowest BCUT2D eigenvalue weighted by molar-refractivity contribution is -0.143. The molecule has 0 amide bonds. The number of hydrogen-bond donors (Lipinski definition) is 0. The van der Waals surface area contributed by atoms with Gasteiger partial charge in [0, 0.05) is 17.1 Å². The molecule has 0 aliphatic heterocycles. The third-order valence-electron chi connectivity index (χ3n) is 2.88. The van der Waals surface area contributed by atoms with Crippen LogP contribution >= 0.6 is 0 Å². The molecule has 0 saturated heterocycles. The van der Waals surface area contributed by atoms with E-state index in [9.17, 15) is 14.0 Å². The Morgan fingerprint density at radius 3 is 2.84 bits per heavy atom. The smallest absolute Gasteiger partial charge is 0.325 e. The third kappa shape index (κ3) is 2.50. The summed E-state index contributed by atoms with van der Waals surface area (Å²) in [6, 6.07) is 5.68. The highest BCUT2D eigenvalue weighted by Crippen LogP contribution is 2.16. The van der Waals surface area contributed by atoms with Crippen LogP contribution in [0.1, 0.15) is 12.6 Å². The van der Waals surface area contributed by atoms with Gasteiger partial charge in [0.15, 0.2) is 5.43 Å². The zero-order valence-electron chi connectivity index (χ0n) is 10.8. The molecule has 0 bridgehead atoms. The summed E-state index contributed by atoms with van der Waals surface area (Å²) in [6.07, 6.45) is 0. The number of aromatic nitrogens is 1. The molecule has 1 aromatic carbocycles. The summed E-state index contributed by atoms with van der Waals surface area (Å²) in [5.41, 5.74) is 0.406. The predicted molar refractivity (Wildman–Crippen MR) is 69.5 cm³/mol. The molecule has 1 heterocycles. The van der Waals surface area contributed by atoms with E-state index >= 15 is 0 Å². The minimum absolute atomic E-state index is 0.114. The molecule has 1 aromatic heterocycles. The Morgan fingerprint density at radius 1 is 1.42 bits per heavy atom. The molecule has 2 rings (SSSR count). The van der Waals surface area contributed by atoms with Crippen LogP contribution in [0.5, 0.6) is 0 Å². The highest BCUT2D eigenvalue weighted by molar-refractivity contribution is 5.81. The molecule has 100 valence electrons. The van der Waals surface area contributed by atoms with Gasteiger partial charge < -0.3 is 9.30 Å². The number of fused-ring (bicyclic) bond motifs is 1. The maximum atomic E-state index is 13.9. The van der Waals surface area contributed by atoms with Crippen LogP contribution in [0, 0.1) is 12.7 Å². The molecule has 0 aliphatic rings. The number of pyridine rings is 1. The lowest BCUT2D eigenvalue weighted by Crippen LogP contribution is -2.19. The number of halogens is 1. The molecule has 0 spiro atoms. The molecule has 0 fully saturated rings. The lowest BCUT2D eigenvalue weighted by Gasteiger charge is -2.14. The van der Waals surface area contributed by atoms with Crippen molar-refractivity contribution in [1.82, 2.24) is 4.57 Å². The van der Waals surface area contributed by atoms with Gasteiger partial charge in [-0.2, -0.15) is 0 Å². The van der Waals surface area contributed by atoms with Gasteiger partial charge in [0.25, 0.3) is 0 Å². The van der Waals surface area contributed by atoms with Crippen molar-refractivity contribution in [3.63, 3.8) is 0 Å². The molecule has 0 aliphatic carbocycles. The second-order valence-corrected chi connectivity index (χ2v) is 4.18. The van der Waals surface area contributed by atoms with Crippen molar-refractivity contribution in [1.29, 1.82) is 0 Å². The van der Waals surface area contributed by atoms with Crippen LogP contribution in [0.2, 0.25) is 0 Å². The van der Waals surface area contributed by atoms with E-state index in [0.29, 0.717) is 5.69 Å². The van der Waals surface area contributed by atoms with E-state index in [1.807, 2.05) is 0 Å². The number of hydrogen-bond acceptors (Lipinski definition) is 3. The van der Waals surface area contributed by atoms with Gasteiger partial charge >= 0.3 is 5.97 Å². The number of nitrogens with zero attached hydrogens (tertiary/aromatic N) is 1. The van der Waals surface area contributed by atoms with Gasteiger partial charge in [-0.05, 0) is 26.0 Å². The Bertz CT molecular complexity index is 691. The van der Waals surface area contributed by atoms with E-state index in [0.717, 1.165) is 0 Å². The van der Waals surface area contributed by atoms with E-state index in [1.54, 1.807) is 19.9 Å². The zero-order chi connectivity index (χ0) is 14.0. The standard InChI is InChI=1S/C14H14FNO3/c1-3-19-13(18)8-16-9(2)7-12(17)10-5-4-6-11(15)14(10)16/h4-7H,3,8H2,1-2H3.